The molecule has 68 valence electrons. The summed E-state index contributed by atoms with van der Waals surface area (Å²) in [6.07, 6.45) is 0.444. The zero-order valence-corrected chi connectivity index (χ0v) is 6.72. The predicted molar refractivity (Wildman–Crippen MR) is 41.0 cm³/mol. The van der Waals surface area contributed by atoms with E-state index < -0.39 is 6.03 Å². The van der Waals surface area contributed by atoms with Gasteiger partial charge in [0.05, 0.1) is 6.54 Å². The molecule has 12 heavy (non-hydrogen) atoms. The Labute approximate surface area is 69.5 Å². The fourth-order valence-corrected chi connectivity index (χ4v) is 0.376. The van der Waals surface area contributed by atoms with Gasteiger partial charge in [0.15, 0.2) is 0 Å². The second-order valence-electron chi connectivity index (χ2n) is 2.05. The van der Waals surface area contributed by atoms with E-state index >= 15 is 0 Å². The van der Waals surface area contributed by atoms with Crippen molar-refractivity contribution < 1.29 is 14.4 Å². The molecule has 1 saturated heterocycles. The zero-order chi connectivity index (χ0) is 9.56. The van der Waals surface area contributed by atoms with Crippen molar-refractivity contribution in [1.82, 2.24) is 10.6 Å². The maximum atomic E-state index is 10.1. The third-order valence-electron chi connectivity index (χ3n) is 1.01. The Morgan fingerprint density at radius 3 is 2.17 bits per heavy atom. The van der Waals surface area contributed by atoms with E-state index in [4.69, 9.17) is 0 Å². The molecular weight excluding hydrogens is 162 g/mol. The molecule has 1 fully saturated rings. The summed E-state index contributed by atoms with van der Waals surface area (Å²) in [7, 11) is 0. The smallest absolute Gasteiger partial charge is 0.321 e. The zero-order valence-electron chi connectivity index (χ0n) is 6.72. The lowest BCUT2D eigenvalue weighted by atomic mass is 10.5. The van der Waals surface area contributed by atoms with Gasteiger partial charge in [-0.05, 0) is 0 Å². The van der Waals surface area contributed by atoms with Crippen LogP contribution in [0.5, 0.6) is 0 Å². The van der Waals surface area contributed by atoms with Crippen LogP contribution in [0.25, 0.3) is 0 Å². The van der Waals surface area contributed by atoms with Gasteiger partial charge in [0.1, 0.15) is 0 Å². The number of rotatable bonds is 1. The number of nitrogens with one attached hydrogen (secondary N) is 2. The SMILES string of the molecule is CCC(N)=O.O=C1CNC(=O)N1. The van der Waals surface area contributed by atoms with Gasteiger partial charge in [-0.1, -0.05) is 6.92 Å². The molecule has 0 aromatic rings. The highest BCUT2D eigenvalue weighted by Gasteiger charge is 2.14. The number of primary amides is 1. The monoisotopic (exact) mass is 173 g/mol. The maximum Gasteiger partial charge on any atom is 0.321 e. The van der Waals surface area contributed by atoms with Crippen molar-refractivity contribution in [1.29, 1.82) is 0 Å². The van der Waals surface area contributed by atoms with Gasteiger partial charge < -0.3 is 11.1 Å². The van der Waals surface area contributed by atoms with E-state index in [0.717, 1.165) is 0 Å². The summed E-state index contributed by atoms with van der Waals surface area (Å²) in [4.78, 5) is 29.7. The van der Waals surface area contributed by atoms with Crippen molar-refractivity contribution in [3.63, 3.8) is 0 Å². The third kappa shape index (κ3) is 5.21. The minimum atomic E-state index is -0.398. The summed E-state index contributed by atoms with van der Waals surface area (Å²) in [6.45, 7) is 1.85. The molecule has 6 heteroatoms. The Bertz CT molecular complexity index is 188. The fraction of sp³-hybridized carbons (Fsp3) is 0.500. The van der Waals surface area contributed by atoms with E-state index in [1.54, 1.807) is 6.92 Å². The molecule has 0 bridgehead atoms. The molecule has 0 atom stereocenters. The molecule has 0 aromatic carbocycles. The highest BCUT2D eigenvalue weighted by atomic mass is 16.2. The molecule has 0 spiro atoms. The largest absolute Gasteiger partial charge is 0.370 e. The minimum Gasteiger partial charge on any atom is -0.370 e. The molecule has 1 heterocycles. The van der Waals surface area contributed by atoms with Gasteiger partial charge in [-0.3, -0.25) is 14.9 Å². The predicted octanol–water partition coefficient (Wildman–Crippen LogP) is -1.29. The van der Waals surface area contributed by atoms with Crippen LogP contribution < -0.4 is 16.4 Å². The van der Waals surface area contributed by atoms with Crippen LogP contribution in [-0.4, -0.2) is 24.4 Å². The number of carbonyl (C=O) groups is 3. The topological polar surface area (TPSA) is 101 Å². The minimum absolute atomic E-state index is 0.124. The van der Waals surface area contributed by atoms with E-state index in [1.165, 1.54) is 0 Å². The molecule has 0 aromatic heterocycles. The molecular formula is C6H11N3O3. The number of hydrogen-bond donors (Lipinski definition) is 3. The van der Waals surface area contributed by atoms with E-state index in [1.807, 2.05) is 5.32 Å². The first-order chi connectivity index (χ1) is 5.56. The summed E-state index contributed by atoms with van der Waals surface area (Å²) < 4.78 is 0. The van der Waals surface area contributed by atoms with Crippen molar-refractivity contribution in [2.24, 2.45) is 5.73 Å². The van der Waals surface area contributed by atoms with Crippen molar-refractivity contribution in [2.45, 2.75) is 13.3 Å². The second-order valence-corrected chi connectivity index (χ2v) is 2.05. The van der Waals surface area contributed by atoms with Crippen LogP contribution in [0.2, 0.25) is 0 Å². The van der Waals surface area contributed by atoms with Gasteiger partial charge in [-0.25, -0.2) is 4.79 Å². The van der Waals surface area contributed by atoms with E-state index in [2.05, 4.69) is 11.1 Å². The molecule has 1 rings (SSSR count). The van der Waals surface area contributed by atoms with Gasteiger partial charge in [-0.15, -0.1) is 0 Å². The average molecular weight is 173 g/mol. The molecule has 4 amide bonds. The van der Waals surface area contributed by atoms with Crippen molar-refractivity contribution >= 4 is 17.8 Å². The Kier molecular flexibility index (Phi) is 4.43. The van der Waals surface area contributed by atoms with Crippen molar-refractivity contribution in [3.8, 4) is 0 Å². The Balaban J connectivity index is 0.000000217. The summed E-state index contributed by atoms with van der Waals surface area (Å²) >= 11 is 0. The van der Waals surface area contributed by atoms with Gasteiger partial charge in [0, 0.05) is 6.42 Å². The van der Waals surface area contributed by atoms with Crippen molar-refractivity contribution in [3.05, 3.63) is 0 Å². The maximum absolute atomic E-state index is 10.1. The summed E-state index contributed by atoms with van der Waals surface area (Å²) in [6, 6.07) is -0.398. The summed E-state index contributed by atoms with van der Waals surface area (Å²) in [5.74, 6) is -0.505. The lowest BCUT2D eigenvalue weighted by Crippen LogP contribution is -2.22. The Hall–Kier alpha value is -1.59. The number of urea groups is 1. The molecule has 4 N–H and O–H groups in total. The first kappa shape index (κ1) is 10.4. The standard InChI is InChI=1S/C3H4N2O2.C3H7NO/c6-2-1-4-3(7)5-2;1-2-3(4)5/h1H2,(H2,4,5,6,7);2H2,1H3,(H2,4,5). The van der Waals surface area contributed by atoms with Crippen LogP contribution in [0.4, 0.5) is 4.79 Å². The third-order valence-corrected chi connectivity index (χ3v) is 1.01. The molecule has 0 radical (unpaired) electrons. The molecule has 6 nitrogen and oxygen atoms in total. The number of nitrogens with two attached hydrogens (primary N) is 1. The Morgan fingerprint density at radius 1 is 1.58 bits per heavy atom. The quantitative estimate of drug-likeness (QED) is 0.430. The highest BCUT2D eigenvalue weighted by Crippen LogP contribution is 1.73. The van der Waals surface area contributed by atoms with E-state index in [-0.39, 0.29) is 18.4 Å². The summed E-state index contributed by atoms with van der Waals surface area (Å²) in [5, 5.41) is 4.30. The van der Waals surface area contributed by atoms with E-state index in [0.29, 0.717) is 6.42 Å². The normalized spacial score (nSPS) is 14.1. The number of amides is 4. The molecule has 1 aliphatic heterocycles. The van der Waals surface area contributed by atoms with Crippen LogP contribution in [0, 0.1) is 0 Å². The second kappa shape index (κ2) is 5.11. The lowest BCUT2D eigenvalue weighted by molar-refractivity contribution is -0.118. The van der Waals surface area contributed by atoms with Crippen LogP contribution in [0.15, 0.2) is 0 Å². The van der Waals surface area contributed by atoms with Gasteiger partial charge >= 0.3 is 6.03 Å². The molecule has 0 unspecified atom stereocenters. The van der Waals surface area contributed by atoms with Gasteiger partial charge in [0.25, 0.3) is 0 Å². The first-order valence-corrected chi connectivity index (χ1v) is 3.42. The van der Waals surface area contributed by atoms with Gasteiger partial charge in [-0.2, -0.15) is 0 Å². The van der Waals surface area contributed by atoms with Crippen LogP contribution in [0.1, 0.15) is 13.3 Å². The average Bonchev–Trinajstić information content (AvgIpc) is 2.36. The Morgan fingerprint density at radius 2 is 2.08 bits per heavy atom. The molecule has 0 saturated carbocycles. The first-order valence-electron chi connectivity index (χ1n) is 3.42. The number of imide groups is 1. The number of hydrogen-bond acceptors (Lipinski definition) is 3. The highest BCUT2D eigenvalue weighted by molar-refractivity contribution is 6.01. The molecule has 1 aliphatic rings. The number of carbonyl (C=O) groups excluding carboxylic acids is 3. The van der Waals surface area contributed by atoms with Crippen LogP contribution >= 0.6 is 0 Å². The van der Waals surface area contributed by atoms with Gasteiger partial charge in [0.2, 0.25) is 11.8 Å². The fourth-order valence-electron chi connectivity index (χ4n) is 0.376. The summed E-state index contributed by atoms with van der Waals surface area (Å²) in [5.41, 5.74) is 4.65. The molecule has 0 aliphatic carbocycles. The van der Waals surface area contributed by atoms with Crippen LogP contribution in [0.3, 0.4) is 0 Å². The van der Waals surface area contributed by atoms with E-state index in [9.17, 15) is 14.4 Å². The van der Waals surface area contributed by atoms with Crippen molar-refractivity contribution in [2.75, 3.05) is 6.54 Å². The lowest BCUT2D eigenvalue weighted by Gasteiger charge is -1.78. The van der Waals surface area contributed by atoms with Crippen LogP contribution in [-0.2, 0) is 9.59 Å².